The van der Waals surface area contributed by atoms with Crippen molar-refractivity contribution in [2.45, 2.75) is 6.42 Å². The van der Waals surface area contributed by atoms with E-state index in [0.717, 1.165) is 16.8 Å². The van der Waals surface area contributed by atoms with Crippen LogP contribution in [0.2, 0.25) is 0 Å². The van der Waals surface area contributed by atoms with Crippen LogP contribution in [0.1, 0.15) is 11.1 Å². The van der Waals surface area contributed by atoms with Crippen LogP contribution < -0.4 is 4.74 Å². The summed E-state index contributed by atoms with van der Waals surface area (Å²) in [5, 5.41) is 8.75. The third-order valence-corrected chi connectivity index (χ3v) is 3.32. The van der Waals surface area contributed by atoms with Crippen molar-refractivity contribution in [1.29, 1.82) is 0 Å². The van der Waals surface area contributed by atoms with E-state index in [4.69, 9.17) is 9.84 Å². The van der Waals surface area contributed by atoms with Gasteiger partial charge < -0.3 is 9.84 Å². The molecule has 0 aliphatic rings. The number of aromatic nitrogens is 2. The van der Waals surface area contributed by atoms with E-state index in [-0.39, 0.29) is 5.88 Å². The van der Waals surface area contributed by atoms with Crippen LogP contribution in [0.15, 0.2) is 67.0 Å². The third kappa shape index (κ3) is 3.71. The summed E-state index contributed by atoms with van der Waals surface area (Å²) < 4.78 is 4.70. The Morgan fingerprint density at radius 3 is 2.52 bits per heavy atom. The molecule has 0 aliphatic heterocycles. The maximum atomic E-state index is 10.7. The van der Waals surface area contributed by atoms with Gasteiger partial charge in [0, 0.05) is 29.9 Å². The summed E-state index contributed by atoms with van der Waals surface area (Å²) in [4.78, 5) is 19.1. The number of ether oxygens (including phenoxy) is 1. The predicted octanol–water partition coefficient (Wildman–Crippen LogP) is 3.79. The SMILES string of the molecule is O=C(O)Oc1ncccc1Cc1ccc(-c2ccccc2)nc1. The zero-order valence-electron chi connectivity index (χ0n) is 12.2. The summed E-state index contributed by atoms with van der Waals surface area (Å²) in [5.74, 6) is 0.104. The van der Waals surface area contributed by atoms with E-state index in [2.05, 4.69) is 9.97 Å². The van der Waals surface area contributed by atoms with Gasteiger partial charge in [0.2, 0.25) is 5.88 Å². The van der Waals surface area contributed by atoms with E-state index >= 15 is 0 Å². The molecule has 0 bridgehead atoms. The second kappa shape index (κ2) is 6.70. The van der Waals surface area contributed by atoms with Crippen LogP contribution in [-0.4, -0.2) is 21.2 Å². The normalized spacial score (nSPS) is 10.3. The Morgan fingerprint density at radius 1 is 1.00 bits per heavy atom. The number of benzene rings is 1. The van der Waals surface area contributed by atoms with Gasteiger partial charge >= 0.3 is 6.16 Å². The first kappa shape index (κ1) is 14.7. The number of nitrogens with zero attached hydrogens (tertiary/aromatic N) is 2. The zero-order valence-corrected chi connectivity index (χ0v) is 12.2. The van der Waals surface area contributed by atoms with Crippen LogP contribution in [0.3, 0.4) is 0 Å². The number of hydrogen-bond donors (Lipinski definition) is 1. The second-order valence-corrected chi connectivity index (χ2v) is 4.93. The summed E-state index contributed by atoms with van der Waals surface area (Å²) in [5.41, 5.74) is 3.59. The standard InChI is InChI=1S/C18H14N2O3/c21-18(22)23-17-15(7-4-10-19-17)11-13-8-9-16(20-12-13)14-5-2-1-3-6-14/h1-10,12H,11H2,(H,21,22). The van der Waals surface area contributed by atoms with E-state index in [9.17, 15) is 4.79 Å². The van der Waals surface area contributed by atoms with Crippen molar-refractivity contribution in [3.63, 3.8) is 0 Å². The number of rotatable bonds is 4. The predicted molar refractivity (Wildman–Crippen MR) is 85.4 cm³/mol. The molecule has 0 spiro atoms. The van der Waals surface area contributed by atoms with Crippen molar-refractivity contribution in [1.82, 2.24) is 9.97 Å². The second-order valence-electron chi connectivity index (χ2n) is 4.93. The Labute approximate surface area is 133 Å². The van der Waals surface area contributed by atoms with E-state index in [1.165, 1.54) is 6.20 Å². The van der Waals surface area contributed by atoms with Gasteiger partial charge in [0.15, 0.2) is 0 Å². The highest BCUT2D eigenvalue weighted by Gasteiger charge is 2.10. The molecule has 5 nitrogen and oxygen atoms in total. The van der Waals surface area contributed by atoms with Crippen molar-refractivity contribution < 1.29 is 14.6 Å². The molecule has 2 heterocycles. The lowest BCUT2D eigenvalue weighted by Gasteiger charge is -2.07. The van der Waals surface area contributed by atoms with Gasteiger partial charge in [0.25, 0.3) is 0 Å². The molecule has 1 aromatic carbocycles. The highest BCUT2D eigenvalue weighted by molar-refractivity contribution is 5.61. The first-order chi connectivity index (χ1) is 11.2. The monoisotopic (exact) mass is 306 g/mol. The maximum Gasteiger partial charge on any atom is 0.512 e. The molecule has 0 amide bonds. The van der Waals surface area contributed by atoms with Crippen molar-refractivity contribution >= 4 is 6.16 Å². The quantitative estimate of drug-likeness (QED) is 0.742. The molecular weight excluding hydrogens is 292 g/mol. The van der Waals surface area contributed by atoms with Gasteiger partial charge in [-0.05, 0) is 17.7 Å². The smallest absolute Gasteiger partial charge is 0.449 e. The lowest BCUT2D eigenvalue weighted by atomic mass is 10.1. The van der Waals surface area contributed by atoms with E-state index in [0.29, 0.717) is 12.0 Å². The van der Waals surface area contributed by atoms with Crippen molar-refractivity contribution in [2.75, 3.05) is 0 Å². The Bertz CT molecular complexity index is 802. The molecule has 3 rings (SSSR count). The number of pyridine rings is 2. The van der Waals surface area contributed by atoms with Gasteiger partial charge in [-0.1, -0.05) is 42.5 Å². The van der Waals surface area contributed by atoms with Crippen LogP contribution in [0.5, 0.6) is 5.88 Å². The minimum absolute atomic E-state index is 0.104. The molecule has 114 valence electrons. The molecule has 0 fully saturated rings. The maximum absolute atomic E-state index is 10.7. The van der Waals surface area contributed by atoms with E-state index < -0.39 is 6.16 Å². The Morgan fingerprint density at radius 2 is 1.83 bits per heavy atom. The molecule has 2 aromatic heterocycles. The fraction of sp³-hybridized carbons (Fsp3) is 0.0556. The average molecular weight is 306 g/mol. The van der Waals surface area contributed by atoms with Crippen molar-refractivity contribution in [2.24, 2.45) is 0 Å². The number of carboxylic acid groups (broad SMARTS) is 1. The molecule has 5 heteroatoms. The molecule has 0 saturated heterocycles. The van der Waals surface area contributed by atoms with Crippen LogP contribution in [0, 0.1) is 0 Å². The highest BCUT2D eigenvalue weighted by Crippen LogP contribution is 2.21. The fourth-order valence-corrected chi connectivity index (χ4v) is 2.26. The summed E-state index contributed by atoms with van der Waals surface area (Å²) in [6.45, 7) is 0. The highest BCUT2D eigenvalue weighted by atomic mass is 16.7. The molecule has 0 radical (unpaired) electrons. The molecule has 0 unspecified atom stereocenters. The summed E-state index contributed by atoms with van der Waals surface area (Å²) in [7, 11) is 0. The van der Waals surface area contributed by atoms with Crippen LogP contribution in [0.4, 0.5) is 4.79 Å². The van der Waals surface area contributed by atoms with Crippen LogP contribution in [0.25, 0.3) is 11.3 Å². The average Bonchev–Trinajstić information content (AvgIpc) is 2.58. The molecule has 1 N–H and O–H groups in total. The summed E-state index contributed by atoms with van der Waals surface area (Å²) >= 11 is 0. The van der Waals surface area contributed by atoms with Gasteiger partial charge in [-0.2, -0.15) is 0 Å². The fourth-order valence-electron chi connectivity index (χ4n) is 2.26. The Kier molecular flexibility index (Phi) is 4.29. The Balaban J connectivity index is 1.80. The molecular formula is C18H14N2O3. The van der Waals surface area contributed by atoms with Gasteiger partial charge in [0.1, 0.15) is 0 Å². The molecule has 0 atom stereocenters. The first-order valence-electron chi connectivity index (χ1n) is 7.07. The van der Waals surface area contributed by atoms with Gasteiger partial charge in [-0.3, -0.25) is 4.98 Å². The molecule has 0 aliphatic carbocycles. The minimum atomic E-state index is -1.37. The van der Waals surface area contributed by atoms with Gasteiger partial charge in [-0.25, -0.2) is 9.78 Å². The lowest BCUT2D eigenvalue weighted by Crippen LogP contribution is -2.07. The summed E-state index contributed by atoms with van der Waals surface area (Å²) in [6, 6.07) is 17.3. The van der Waals surface area contributed by atoms with E-state index in [1.54, 1.807) is 18.3 Å². The topological polar surface area (TPSA) is 72.3 Å². The number of carbonyl (C=O) groups is 1. The Hall–Kier alpha value is -3.21. The molecule has 23 heavy (non-hydrogen) atoms. The van der Waals surface area contributed by atoms with Crippen molar-refractivity contribution in [3.05, 3.63) is 78.1 Å². The number of hydrogen-bond acceptors (Lipinski definition) is 4. The largest absolute Gasteiger partial charge is 0.512 e. The van der Waals surface area contributed by atoms with E-state index in [1.807, 2.05) is 42.5 Å². The van der Waals surface area contributed by atoms with Crippen LogP contribution >= 0.6 is 0 Å². The third-order valence-electron chi connectivity index (χ3n) is 3.32. The lowest BCUT2D eigenvalue weighted by molar-refractivity contribution is 0.142. The first-order valence-corrected chi connectivity index (χ1v) is 7.07. The minimum Gasteiger partial charge on any atom is -0.449 e. The summed E-state index contributed by atoms with van der Waals surface area (Å²) in [6.07, 6.45) is 2.40. The molecule has 0 saturated carbocycles. The van der Waals surface area contributed by atoms with Crippen LogP contribution in [-0.2, 0) is 6.42 Å². The molecule has 3 aromatic rings. The van der Waals surface area contributed by atoms with Crippen molar-refractivity contribution in [3.8, 4) is 17.1 Å². The zero-order chi connectivity index (χ0) is 16.1. The van der Waals surface area contributed by atoms with Gasteiger partial charge in [-0.15, -0.1) is 0 Å². The van der Waals surface area contributed by atoms with Gasteiger partial charge in [0.05, 0.1) is 5.69 Å².